The van der Waals surface area contributed by atoms with Crippen molar-refractivity contribution in [2.45, 2.75) is 19.3 Å². The number of piperidine rings is 1. The van der Waals surface area contributed by atoms with E-state index in [1.54, 1.807) is 24.5 Å². The van der Waals surface area contributed by atoms with Gasteiger partial charge >= 0.3 is 0 Å². The lowest BCUT2D eigenvalue weighted by Gasteiger charge is -2.26. The molecule has 3 aromatic rings. The molecule has 1 aliphatic heterocycles. The van der Waals surface area contributed by atoms with Gasteiger partial charge in [0.25, 0.3) is 5.91 Å². The maximum atomic E-state index is 12.4. The summed E-state index contributed by atoms with van der Waals surface area (Å²) in [5.74, 6) is 1.93. The molecule has 0 aliphatic carbocycles. The normalized spacial score (nSPS) is 13.8. The van der Waals surface area contributed by atoms with Gasteiger partial charge in [-0.1, -0.05) is 18.2 Å². The predicted molar refractivity (Wildman–Crippen MR) is 109 cm³/mol. The van der Waals surface area contributed by atoms with E-state index in [9.17, 15) is 4.79 Å². The number of ether oxygens (including phenoxy) is 1. The molecule has 28 heavy (non-hydrogen) atoms. The highest BCUT2D eigenvalue weighted by Crippen LogP contribution is 2.23. The van der Waals surface area contributed by atoms with Gasteiger partial charge in [0, 0.05) is 31.2 Å². The Morgan fingerprint density at radius 1 is 0.857 bits per heavy atom. The van der Waals surface area contributed by atoms with Crippen molar-refractivity contribution in [2.75, 3.05) is 23.3 Å². The Morgan fingerprint density at radius 2 is 1.50 bits per heavy atom. The number of carbonyl (C=O) groups is 1. The molecule has 1 saturated heterocycles. The number of nitrogens with one attached hydrogen (secondary N) is 1. The van der Waals surface area contributed by atoms with Gasteiger partial charge < -0.3 is 15.0 Å². The highest BCUT2D eigenvalue weighted by Gasteiger charge is 2.14. The van der Waals surface area contributed by atoms with Crippen LogP contribution in [0.2, 0.25) is 0 Å². The minimum Gasteiger partial charge on any atom is -0.457 e. The van der Waals surface area contributed by atoms with Gasteiger partial charge in [0.05, 0.1) is 5.56 Å². The van der Waals surface area contributed by atoms with Crippen molar-refractivity contribution in [3.63, 3.8) is 0 Å². The van der Waals surface area contributed by atoms with Gasteiger partial charge in [-0.05, 0) is 55.7 Å². The maximum absolute atomic E-state index is 12.4. The van der Waals surface area contributed by atoms with Crippen LogP contribution in [0.3, 0.4) is 0 Å². The minimum absolute atomic E-state index is 0.234. The predicted octanol–water partition coefficient (Wildman–Crippen LogP) is 4.51. The number of para-hydroxylation sites is 1. The molecule has 0 unspecified atom stereocenters. The zero-order valence-corrected chi connectivity index (χ0v) is 15.5. The number of amides is 1. The number of hydrogen-bond acceptors (Lipinski definition) is 5. The molecule has 2 aromatic carbocycles. The molecular formula is C22H22N4O2. The largest absolute Gasteiger partial charge is 0.457 e. The molecule has 0 saturated carbocycles. The average Bonchev–Trinajstić information content (AvgIpc) is 2.76. The molecule has 142 valence electrons. The van der Waals surface area contributed by atoms with Gasteiger partial charge in [0.2, 0.25) is 5.95 Å². The Morgan fingerprint density at radius 3 is 2.18 bits per heavy atom. The van der Waals surface area contributed by atoms with Crippen LogP contribution < -0.4 is 15.0 Å². The van der Waals surface area contributed by atoms with Crippen molar-refractivity contribution >= 4 is 17.5 Å². The summed E-state index contributed by atoms with van der Waals surface area (Å²) in [6.07, 6.45) is 6.75. The number of benzene rings is 2. The fraction of sp³-hybridized carbons (Fsp3) is 0.227. The topological polar surface area (TPSA) is 67.3 Å². The first-order valence-electron chi connectivity index (χ1n) is 9.49. The van der Waals surface area contributed by atoms with E-state index in [0.717, 1.165) is 31.7 Å². The number of rotatable bonds is 5. The minimum atomic E-state index is -0.234. The first kappa shape index (κ1) is 18.0. The smallest absolute Gasteiger partial charge is 0.258 e. The van der Waals surface area contributed by atoms with Crippen molar-refractivity contribution in [2.24, 2.45) is 0 Å². The number of nitrogens with zero attached hydrogens (tertiary/aromatic N) is 3. The van der Waals surface area contributed by atoms with Gasteiger partial charge in [0.1, 0.15) is 11.5 Å². The third-order valence-corrected chi connectivity index (χ3v) is 4.63. The quantitative estimate of drug-likeness (QED) is 0.712. The zero-order chi connectivity index (χ0) is 19.2. The summed E-state index contributed by atoms with van der Waals surface area (Å²) in [4.78, 5) is 23.3. The molecular weight excluding hydrogens is 352 g/mol. The molecule has 6 nitrogen and oxygen atoms in total. The van der Waals surface area contributed by atoms with E-state index in [-0.39, 0.29) is 5.91 Å². The second-order valence-electron chi connectivity index (χ2n) is 6.71. The van der Waals surface area contributed by atoms with Gasteiger partial charge in [-0.2, -0.15) is 0 Å². The Kier molecular flexibility index (Phi) is 5.47. The molecule has 0 spiro atoms. The van der Waals surface area contributed by atoms with E-state index in [0.29, 0.717) is 22.9 Å². The van der Waals surface area contributed by atoms with Crippen LogP contribution in [0, 0.1) is 0 Å². The number of hydrogen-bond donors (Lipinski definition) is 1. The second kappa shape index (κ2) is 8.52. The van der Waals surface area contributed by atoms with Gasteiger partial charge in [-0.25, -0.2) is 9.97 Å². The zero-order valence-electron chi connectivity index (χ0n) is 15.5. The van der Waals surface area contributed by atoms with Crippen LogP contribution in [-0.4, -0.2) is 29.0 Å². The Balaban J connectivity index is 1.36. The molecule has 0 atom stereocenters. The summed E-state index contributed by atoms with van der Waals surface area (Å²) >= 11 is 0. The third kappa shape index (κ3) is 4.46. The van der Waals surface area contributed by atoms with Crippen LogP contribution in [0.5, 0.6) is 11.5 Å². The first-order chi connectivity index (χ1) is 13.8. The fourth-order valence-electron chi connectivity index (χ4n) is 3.13. The van der Waals surface area contributed by atoms with Crippen molar-refractivity contribution in [1.82, 2.24) is 9.97 Å². The lowest BCUT2D eigenvalue weighted by molar-refractivity contribution is 0.102. The Hall–Kier alpha value is -3.41. The second-order valence-corrected chi connectivity index (χ2v) is 6.71. The molecule has 0 radical (unpaired) electrons. The van der Waals surface area contributed by atoms with E-state index in [1.807, 2.05) is 42.5 Å². The number of carbonyl (C=O) groups excluding carboxylic acids is 1. The monoisotopic (exact) mass is 374 g/mol. The van der Waals surface area contributed by atoms with Crippen molar-refractivity contribution in [1.29, 1.82) is 0 Å². The van der Waals surface area contributed by atoms with E-state index < -0.39 is 0 Å². The van der Waals surface area contributed by atoms with Gasteiger partial charge in [-0.15, -0.1) is 0 Å². The average molecular weight is 374 g/mol. The van der Waals surface area contributed by atoms with Crippen LogP contribution in [0.4, 0.5) is 11.6 Å². The highest BCUT2D eigenvalue weighted by atomic mass is 16.5. The highest BCUT2D eigenvalue weighted by molar-refractivity contribution is 6.03. The van der Waals surface area contributed by atoms with E-state index in [4.69, 9.17) is 4.74 Å². The van der Waals surface area contributed by atoms with Gasteiger partial charge in [-0.3, -0.25) is 4.79 Å². The van der Waals surface area contributed by atoms with E-state index in [2.05, 4.69) is 20.2 Å². The summed E-state index contributed by atoms with van der Waals surface area (Å²) in [5.41, 5.74) is 1.12. The van der Waals surface area contributed by atoms with E-state index in [1.165, 1.54) is 6.42 Å². The van der Waals surface area contributed by atoms with Crippen molar-refractivity contribution in [3.05, 3.63) is 72.6 Å². The molecule has 2 heterocycles. The van der Waals surface area contributed by atoms with Crippen LogP contribution in [0.15, 0.2) is 67.0 Å². The van der Waals surface area contributed by atoms with Gasteiger partial charge in [0.15, 0.2) is 0 Å². The van der Waals surface area contributed by atoms with E-state index >= 15 is 0 Å². The number of aromatic nitrogens is 2. The van der Waals surface area contributed by atoms with Crippen molar-refractivity contribution in [3.8, 4) is 11.5 Å². The third-order valence-electron chi connectivity index (χ3n) is 4.63. The van der Waals surface area contributed by atoms with Crippen LogP contribution in [0.1, 0.15) is 29.6 Å². The standard InChI is InChI=1S/C22H22N4O2/c27-21(17-15-23-22(24-16-17)26-13-5-2-6-14-26)25-18-9-11-20(12-10-18)28-19-7-3-1-4-8-19/h1,3-4,7-12,15-16H,2,5-6,13-14H2,(H,25,27). The summed E-state index contributed by atoms with van der Waals surface area (Å²) in [5, 5.41) is 2.86. The SMILES string of the molecule is O=C(Nc1ccc(Oc2ccccc2)cc1)c1cnc(N2CCCCC2)nc1. The molecule has 1 N–H and O–H groups in total. The van der Waals surface area contributed by atoms with Crippen molar-refractivity contribution < 1.29 is 9.53 Å². The first-order valence-corrected chi connectivity index (χ1v) is 9.49. The van der Waals surface area contributed by atoms with Crippen LogP contribution in [-0.2, 0) is 0 Å². The Labute approximate surface area is 164 Å². The Bertz CT molecular complexity index is 906. The molecule has 6 heteroatoms. The summed E-state index contributed by atoms with van der Waals surface area (Å²) in [6.45, 7) is 1.95. The molecule has 0 bridgehead atoms. The molecule has 1 fully saturated rings. The van der Waals surface area contributed by atoms with Crippen LogP contribution >= 0.6 is 0 Å². The summed E-state index contributed by atoms with van der Waals surface area (Å²) in [6, 6.07) is 16.8. The maximum Gasteiger partial charge on any atom is 0.258 e. The lowest BCUT2D eigenvalue weighted by atomic mass is 10.1. The lowest BCUT2D eigenvalue weighted by Crippen LogP contribution is -2.31. The fourth-order valence-corrected chi connectivity index (χ4v) is 3.13. The molecule has 1 aromatic heterocycles. The summed E-state index contributed by atoms with van der Waals surface area (Å²) in [7, 11) is 0. The van der Waals surface area contributed by atoms with Crippen LogP contribution in [0.25, 0.3) is 0 Å². The molecule has 1 amide bonds. The molecule has 4 rings (SSSR count). The molecule has 1 aliphatic rings. The number of anilines is 2. The summed E-state index contributed by atoms with van der Waals surface area (Å²) < 4.78 is 5.76.